The van der Waals surface area contributed by atoms with Crippen molar-refractivity contribution in [3.63, 3.8) is 0 Å². The first-order valence-corrected chi connectivity index (χ1v) is 8.69. The summed E-state index contributed by atoms with van der Waals surface area (Å²) in [6.45, 7) is 0.149. The number of amidine groups is 1. The predicted molar refractivity (Wildman–Crippen MR) is 88.5 cm³/mol. The lowest BCUT2D eigenvalue weighted by Gasteiger charge is -2.02. The summed E-state index contributed by atoms with van der Waals surface area (Å²) in [6, 6.07) is 9.87. The SMILES string of the molecule is O=S1(=O)N=C(N/N=C\c2cc3c(cc2Cl)OCO3)c2ccccc21. The van der Waals surface area contributed by atoms with E-state index in [2.05, 4.69) is 14.9 Å². The van der Waals surface area contributed by atoms with Gasteiger partial charge in [0.05, 0.1) is 11.2 Å². The average Bonchev–Trinajstić information content (AvgIpc) is 3.10. The fraction of sp³-hybridized carbons (Fsp3) is 0.0667. The maximum absolute atomic E-state index is 11.9. The van der Waals surface area contributed by atoms with Crippen molar-refractivity contribution in [3.8, 4) is 11.5 Å². The van der Waals surface area contributed by atoms with Crippen LogP contribution in [-0.4, -0.2) is 27.3 Å². The molecule has 2 heterocycles. The topological polar surface area (TPSA) is 89.4 Å². The van der Waals surface area contributed by atoms with Gasteiger partial charge in [-0.1, -0.05) is 23.7 Å². The van der Waals surface area contributed by atoms with E-state index in [9.17, 15) is 8.42 Å². The molecule has 4 rings (SSSR count). The van der Waals surface area contributed by atoms with Crippen LogP contribution in [0.3, 0.4) is 0 Å². The predicted octanol–water partition coefficient (Wildman–Crippen LogP) is 2.14. The Labute approximate surface area is 142 Å². The molecule has 0 aromatic heterocycles. The van der Waals surface area contributed by atoms with Crippen LogP contribution in [0.1, 0.15) is 11.1 Å². The summed E-state index contributed by atoms with van der Waals surface area (Å²) in [5.74, 6) is 1.32. The van der Waals surface area contributed by atoms with Gasteiger partial charge in [0.15, 0.2) is 17.3 Å². The summed E-state index contributed by atoms with van der Waals surface area (Å²) >= 11 is 6.15. The number of hydrazone groups is 1. The minimum atomic E-state index is -3.68. The molecule has 2 aromatic rings. The molecule has 0 atom stereocenters. The minimum Gasteiger partial charge on any atom is -0.454 e. The molecule has 7 nitrogen and oxygen atoms in total. The van der Waals surface area contributed by atoms with Gasteiger partial charge < -0.3 is 9.47 Å². The molecule has 1 N–H and O–H groups in total. The molecule has 2 aliphatic heterocycles. The lowest BCUT2D eigenvalue weighted by molar-refractivity contribution is 0.174. The molecule has 0 saturated carbocycles. The van der Waals surface area contributed by atoms with E-state index >= 15 is 0 Å². The Balaban J connectivity index is 1.59. The molecule has 0 spiro atoms. The van der Waals surface area contributed by atoms with Gasteiger partial charge in [0, 0.05) is 17.2 Å². The quantitative estimate of drug-likeness (QED) is 0.652. The number of hydrogen-bond donors (Lipinski definition) is 1. The summed E-state index contributed by atoms with van der Waals surface area (Å²) in [4.78, 5) is 0.156. The fourth-order valence-corrected chi connectivity index (χ4v) is 3.75. The molecule has 2 aromatic carbocycles. The second kappa shape index (κ2) is 5.50. The largest absolute Gasteiger partial charge is 0.454 e. The molecule has 2 aliphatic rings. The van der Waals surface area contributed by atoms with Crippen LogP contribution < -0.4 is 14.9 Å². The lowest BCUT2D eigenvalue weighted by Crippen LogP contribution is -2.17. The van der Waals surface area contributed by atoms with E-state index in [0.29, 0.717) is 27.6 Å². The van der Waals surface area contributed by atoms with Gasteiger partial charge in [0.25, 0.3) is 10.0 Å². The number of nitrogens with one attached hydrogen (secondary N) is 1. The number of rotatable bonds is 2. The van der Waals surface area contributed by atoms with Crippen molar-refractivity contribution in [2.75, 3.05) is 6.79 Å². The van der Waals surface area contributed by atoms with Crippen LogP contribution in [0, 0.1) is 0 Å². The smallest absolute Gasteiger partial charge is 0.285 e. The van der Waals surface area contributed by atoms with Crippen molar-refractivity contribution in [2.45, 2.75) is 4.90 Å². The number of halogens is 1. The Morgan fingerprint density at radius 3 is 2.79 bits per heavy atom. The number of hydrogen-bond acceptors (Lipinski definition) is 6. The van der Waals surface area contributed by atoms with Gasteiger partial charge in [-0.15, -0.1) is 4.40 Å². The minimum absolute atomic E-state index is 0.149. The van der Waals surface area contributed by atoms with Crippen molar-refractivity contribution in [1.29, 1.82) is 0 Å². The highest BCUT2D eigenvalue weighted by molar-refractivity contribution is 7.90. The maximum Gasteiger partial charge on any atom is 0.285 e. The third-order valence-electron chi connectivity index (χ3n) is 3.50. The Kier molecular flexibility index (Phi) is 3.43. The second-order valence-corrected chi connectivity index (χ2v) is 6.99. The molecule has 0 amide bonds. The molecular formula is C15H10ClN3O4S. The monoisotopic (exact) mass is 363 g/mol. The van der Waals surface area contributed by atoms with Crippen molar-refractivity contribution in [2.24, 2.45) is 9.50 Å². The summed E-state index contributed by atoms with van der Waals surface area (Å²) < 4.78 is 38.1. The van der Waals surface area contributed by atoms with E-state index in [4.69, 9.17) is 21.1 Å². The average molecular weight is 364 g/mol. The van der Waals surface area contributed by atoms with Crippen LogP contribution in [-0.2, 0) is 10.0 Å². The first-order valence-electron chi connectivity index (χ1n) is 6.87. The Bertz CT molecular complexity index is 1000. The van der Waals surface area contributed by atoms with Gasteiger partial charge >= 0.3 is 0 Å². The zero-order valence-corrected chi connectivity index (χ0v) is 13.6. The Morgan fingerprint density at radius 2 is 1.96 bits per heavy atom. The van der Waals surface area contributed by atoms with Crippen LogP contribution in [0.25, 0.3) is 0 Å². The van der Waals surface area contributed by atoms with E-state index < -0.39 is 10.0 Å². The van der Waals surface area contributed by atoms with Crippen LogP contribution in [0.4, 0.5) is 0 Å². The molecule has 0 fully saturated rings. The highest BCUT2D eigenvalue weighted by Crippen LogP contribution is 2.36. The summed E-state index contributed by atoms with van der Waals surface area (Å²) in [6.07, 6.45) is 1.46. The first kappa shape index (κ1) is 15.0. The highest BCUT2D eigenvalue weighted by atomic mass is 35.5. The van der Waals surface area contributed by atoms with E-state index in [1.54, 1.807) is 30.3 Å². The van der Waals surface area contributed by atoms with Crippen molar-refractivity contribution < 1.29 is 17.9 Å². The van der Waals surface area contributed by atoms with Gasteiger partial charge in [0.2, 0.25) is 6.79 Å². The van der Waals surface area contributed by atoms with Gasteiger partial charge in [-0.25, -0.2) is 0 Å². The van der Waals surface area contributed by atoms with Crippen LogP contribution in [0.5, 0.6) is 11.5 Å². The van der Waals surface area contributed by atoms with E-state index in [0.717, 1.165) is 0 Å². The molecule has 0 bridgehead atoms. The molecule has 0 aliphatic carbocycles. The number of benzene rings is 2. The fourth-order valence-electron chi connectivity index (χ4n) is 2.38. The van der Waals surface area contributed by atoms with Crippen LogP contribution in [0.2, 0.25) is 5.02 Å². The normalized spacial score (nSPS) is 17.0. The molecule has 0 saturated heterocycles. The van der Waals surface area contributed by atoms with Gasteiger partial charge in [0.1, 0.15) is 4.90 Å². The Morgan fingerprint density at radius 1 is 1.21 bits per heavy atom. The van der Waals surface area contributed by atoms with E-state index in [1.807, 2.05) is 0 Å². The standard InChI is InChI=1S/C15H10ClN3O4S/c16-11-6-13-12(22-8-23-13)5-9(11)7-17-18-15-10-3-1-2-4-14(10)24(20,21)19-15/h1-7H,8H2,(H,18,19)/b17-7-. The molecule has 122 valence electrons. The number of ether oxygens (including phenoxy) is 2. The summed E-state index contributed by atoms with van der Waals surface area (Å²) in [5, 5.41) is 4.46. The molecule has 0 unspecified atom stereocenters. The van der Waals surface area contributed by atoms with Gasteiger partial charge in [-0.05, 0) is 18.2 Å². The van der Waals surface area contributed by atoms with Gasteiger partial charge in [-0.2, -0.15) is 13.5 Å². The van der Waals surface area contributed by atoms with Crippen molar-refractivity contribution in [3.05, 3.63) is 52.5 Å². The number of fused-ring (bicyclic) bond motifs is 2. The van der Waals surface area contributed by atoms with Crippen molar-refractivity contribution in [1.82, 2.24) is 5.43 Å². The summed E-state index contributed by atoms with van der Waals surface area (Å²) in [7, 11) is -3.68. The van der Waals surface area contributed by atoms with E-state index in [-0.39, 0.29) is 17.5 Å². The highest BCUT2D eigenvalue weighted by Gasteiger charge is 2.28. The van der Waals surface area contributed by atoms with Crippen LogP contribution in [0.15, 0.2) is 50.8 Å². The van der Waals surface area contributed by atoms with Crippen molar-refractivity contribution >= 4 is 33.7 Å². The first-order chi connectivity index (χ1) is 11.5. The summed E-state index contributed by atoms with van der Waals surface area (Å²) in [5.41, 5.74) is 3.72. The van der Waals surface area contributed by atoms with Gasteiger partial charge in [-0.3, -0.25) is 5.43 Å². The van der Waals surface area contributed by atoms with Crippen LogP contribution >= 0.6 is 11.6 Å². The third-order valence-corrected chi connectivity index (χ3v) is 5.16. The lowest BCUT2D eigenvalue weighted by atomic mass is 10.2. The maximum atomic E-state index is 11.9. The molecular weight excluding hydrogens is 354 g/mol. The number of nitrogens with zero attached hydrogens (tertiary/aromatic N) is 2. The second-order valence-electron chi connectivity index (χ2n) is 5.01. The Hall–Kier alpha value is -2.58. The molecule has 24 heavy (non-hydrogen) atoms. The number of sulfonamides is 1. The molecule has 9 heteroatoms. The zero-order chi connectivity index (χ0) is 16.7. The molecule has 0 radical (unpaired) electrons. The zero-order valence-electron chi connectivity index (χ0n) is 12.1. The van der Waals surface area contributed by atoms with E-state index in [1.165, 1.54) is 12.3 Å². The third kappa shape index (κ3) is 2.49.